The molecule has 0 spiro atoms. The van der Waals surface area contributed by atoms with E-state index in [4.69, 9.17) is 0 Å². The molecule has 19 heavy (non-hydrogen) atoms. The molecule has 0 aromatic heterocycles. The molecule has 0 saturated heterocycles. The van der Waals surface area contributed by atoms with Gasteiger partial charge < -0.3 is 15.0 Å². The smallest absolute Gasteiger partial charge is 0.327 e. The lowest BCUT2D eigenvalue weighted by atomic mass is 10.2. The number of carbonyl (C=O) groups is 1. The molecule has 1 aromatic carbocycles. The first-order valence-electron chi connectivity index (χ1n) is 6.23. The highest BCUT2D eigenvalue weighted by molar-refractivity contribution is 5.78. The zero-order chi connectivity index (χ0) is 14.6. The fourth-order valence-electron chi connectivity index (χ4n) is 1.65. The molecule has 4 nitrogen and oxygen atoms in total. The number of anilines is 2. The van der Waals surface area contributed by atoms with E-state index in [9.17, 15) is 9.18 Å². The van der Waals surface area contributed by atoms with Crippen molar-refractivity contribution in [1.82, 2.24) is 0 Å². The Labute approximate surface area is 113 Å². The lowest BCUT2D eigenvalue weighted by Crippen LogP contribution is -2.28. The monoisotopic (exact) mass is 268 g/mol. The fraction of sp³-hybridized carbons (Fsp3) is 0.500. The van der Waals surface area contributed by atoms with Crippen molar-refractivity contribution in [3.8, 4) is 0 Å². The third kappa shape index (κ3) is 3.84. The summed E-state index contributed by atoms with van der Waals surface area (Å²) in [5.74, 6) is -0.706. The minimum atomic E-state index is -0.516. The van der Waals surface area contributed by atoms with Gasteiger partial charge in [-0.05, 0) is 39.0 Å². The summed E-state index contributed by atoms with van der Waals surface area (Å²) >= 11 is 0. The summed E-state index contributed by atoms with van der Waals surface area (Å²) in [7, 11) is 3.16. The summed E-state index contributed by atoms with van der Waals surface area (Å²) in [5, 5.41) is 2.90. The number of nitrogens with one attached hydrogen (secondary N) is 1. The highest BCUT2D eigenvalue weighted by Crippen LogP contribution is 2.23. The number of benzene rings is 1. The first-order chi connectivity index (χ1) is 8.86. The molecule has 1 N–H and O–H groups in total. The number of methoxy groups -OCH3 is 1. The van der Waals surface area contributed by atoms with Gasteiger partial charge in [0.2, 0.25) is 0 Å². The summed E-state index contributed by atoms with van der Waals surface area (Å²) < 4.78 is 18.6. The molecule has 0 aliphatic carbocycles. The summed E-state index contributed by atoms with van der Waals surface area (Å²) in [6, 6.07) is 4.52. The second-order valence-electron chi connectivity index (χ2n) is 4.76. The second kappa shape index (κ2) is 6.41. The van der Waals surface area contributed by atoms with E-state index in [0.29, 0.717) is 11.4 Å². The lowest BCUT2D eigenvalue weighted by molar-refractivity contribution is -0.141. The fourth-order valence-corrected chi connectivity index (χ4v) is 1.65. The summed E-state index contributed by atoms with van der Waals surface area (Å²) in [4.78, 5) is 13.1. The average Bonchev–Trinajstić information content (AvgIpc) is 2.37. The van der Waals surface area contributed by atoms with Gasteiger partial charge in [-0.25, -0.2) is 9.18 Å². The van der Waals surface area contributed by atoms with Gasteiger partial charge in [0.05, 0.1) is 12.8 Å². The van der Waals surface area contributed by atoms with E-state index in [-0.39, 0.29) is 17.8 Å². The van der Waals surface area contributed by atoms with E-state index in [0.717, 1.165) is 0 Å². The van der Waals surface area contributed by atoms with Crippen molar-refractivity contribution < 1.29 is 13.9 Å². The number of halogens is 1. The average molecular weight is 268 g/mol. The van der Waals surface area contributed by atoms with E-state index in [1.807, 2.05) is 25.8 Å². The Hall–Kier alpha value is -1.78. The van der Waals surface area contributed by atoms with E-state index >= 15 is 0 Å². The topological polar surface area (TPSA) is 41.6 Å². The van der Waals surface area contributed by atoms with Gasteiger partial charge in [-0.2, -0.15) is 0 Å². The standard InChI is InChI=1S/C14H21FN2O2/c1-9(2)17(4)13-7-6-11(8-12(13)15)16-10(3)14(18)19-5/h6-10,16H,1-5H3. The number of hydrogen-bond donors (Lipinski definition) is 1. The van der Waals surface area contributed by atoms with Crippen LogP contribution in [0.5, 0.6) is 0 Å². The molecule has 0 aliphatic heterocycles. The largest absolute Gasteiger partial charge is 0.467 e. The van der Waals surface area contributed by atoms with Gasteiger partial charge in [0.1, 0.15) is 11.9 Å². The first kappa shape index (κ1) is 15.3. The molecule has 0 bridgehead atoms. The van der Waals surface area contributed by atoms with Gasteiger partial charge >= 0.3 is 5.97 Å². The minimum absolute atomic E-state index is 0.210. The lowest BCUT2D eigenvalue weighted by Gasteiger charge is -2.24. The van der Waals surface area contributed by atoms with Crippen molar-refractivity contribution in [2.45, 2.75) is 32.9 Å². The highest BCUT2D eigenvalue weighted by Gasteiger charge is 2.15. The summed E-state index contributed by atoms with van der Waals surface area (Å²) in [6.45, 7) is 5.65. The Morgan fingerprint density at radius 1 is 1.37 bits per heavy atom. The molecule has 1 unspecified atom stereocenters. The predicted molar refractivity (Wildman–Crippen MR) is 75.0 cm³/mol. The maximum absolute atomic E-state index is 14.0. The molecule has 106 valence electrons. The van der Waals surface area contributed by atoms with Crippen LogP contribution in [0, 0.1) is 5.82 Å². The summed E-state index contributed by atoms with van der Waals surface area (Å²) in [6.07, 6.45) is 0. The van der Waals surface area contributed by atoms with Crippen molar-refractivity contribution in [2.24, 2.45) is 0 Å². The van der Waals surface area contributed by atoms with Gasteiger partial charge in [-0.1, -0.05) is 0 Å². The molecule has 0 radical (unpaired) electrons. The number of ether oxygens (including phenoxy) is 1. The van der Waals surface area contributed by atoms with Gasteiger partial charge in [0, 0.05) is 18.8 Å². The quantitative estimate of drug-likeness (QED) is 0.834. The van der Waals surface area contributed by atoms with Crippen LogP contribution in [0.4, 0.5) is 15.8 Å². The molecule has 5 heteroatoms. The first-order valence-corrected chi connectivity index (χ1v) is 6.23. The molecule has 0 fully saturated rings. The number of hydrogen-bond acceptors (Lipinski definition) is 4. The Balaban J connectivity index is 2.85. The molecule has 0 saturated carbocycles. The van der Waals surface area contributed by atoms with Crippen LogP contribution in [0.25, 0.3) is 0 Å². The number of rotatable bonds is 5. The normalized spacial score (nSPS) is 12.2. The van der Waals surface area contributed by atoms with Crippen LogP contribution in [0.15, 0.2) is 18.2 Å². The van der Waals surface area contributed by atoms with Crippen LogP contribution >= 0.6 is 0 Å². The molecule has 1 rings (SSSR count). The predicted octanol–water partition coefficient (Wildman–Crippen LogP) is 2.64. The Morgan fingerprint density at radius 2 is 2.00 bits per heavy atom. The van der Waals surface area contributed by atoms with E-state index in [2.05, 4.69) is 10.1 Å². The SMILES string of the molecule is COC(=O)C(C)Nc1ccc(N(C)C(C)C)c(F)c1. The third-order valence-corrected chi connectivity index (χ3v) is 3.04. The summed E-state index contributed by atoms with van der Waals surface area (Å²) in [5.41, 5.74) is 1.09. The van der Waals surface area contributed by atoms with Crippen LogP contribution in [0.1, 0.15) is 20.8 Å². The van der Waals surface area contributed by atoms with Gasteiger partial charge in [0.25, 0.3) is 0 Å². The van der Waals surface area contributed by atoms with Crippen molar-refractivity contribution in [3.05, 3.63) is 24.0 Å². The van der Waals surface area contributed by atoms with Gasteiger partial charge in [0.15, 0.2) is 0 Å². The molecular formula is C14H21FN2O2. The van der Waals surface area contributed by atoms with Crippen molar-refractivity contribution in [2.75, 3.05) is 24.4 Å². The number of esters is 1. The van der Waals surface area contributed by atoms with Crippen molar-refractivity contribution in [3.63, 3.8) is 0 Å². The highest BCUT2D eigenvalue weighted by atomic mass is 19.1. The van der Waals surface area contributed by atoms with Crippen LogP contribution < -0.4 is 10.2 Å². The van der Waals surface area contributed by atoms with Crippen LogP contribution in [-0.2, 0) is 9.53 Å². The number of nitrogens with zero attached hydrogens (tertiary/aromatic N) is 1. The zero-order valence-corrected chi connectivity index (χ0v) is 12.0. The van der Waals surface area contributed by atoms with E-state index < -0.39 is 6.04 Å². The molecule has 1 atom stereocenters. The molecule has 0 aliphatic rings. The molecular weight excluding hydrogens is 247 g/mol. The zero-order valence-electron chi connectivity index (χ0n) is 12.0. The maximum Gasteiger partial charge on any atom is 0.327 e. The van der Waals surface area contributed by atoms with Gasteiger partial charge in [-0.3, -0.25) is 0 Å². The van der Waals surface area contributed by atoms with Crippen LogP contribution in [-0.4, -0.2) is 32.2 Å². The molecule has 1 aromatic rings. The molecule has 0 amide bonds. The Kier molecular flexibility index (Phi) is 5.15. The van der Waals surface area contributed by atoms with Gasteiger partial charge in [-0.15, -0.1) is 0 Å². The minimum Gasteiger partial charge on any atom is -0.467 e. The van der Waals surface area contributed by atoms with Crippen molar-refractivity contribution >= 4 is 17.3 Å². The van der Waals surface area contributed by atoms with Crippen molar-refractivity contribution in [1.29, 1.82) is 0 Å². The Morgan fingerprint density at radius 3 is 2.47 bits per heavy atom. The second-order valence-corrected chi connectivity index (χ2v) is 4.76. The van der Waals surface area contributed by atoms with E-state index in [1.54, 1.807) is 19.1 Å². The molecule has 0 heterocycles. The maximum atomic E-state index is 14.0. The Bertz CT molecular complexity index is 449. The third-order valence-electron chi connectivity index (χ3n) is 3.04. The number of carbonyl (C=O) groups excluding carboxylic acids is 1. The van der Waals surface area contributed by atoms with Crippen LogP contribution in [0.3, 0.4) is 0 Å². The van der Waals surface area contributed by atoms with Crippen LogP contribution in [0.2, 0.25) is 0 Å². The van der Waals surface area contributed by atoms with E-state index in [1.165, 1.54) is 13.2 Å².